The highest BCUT2D eigenvalue weighted by atomic mass is 35.5. The molecule has 0 spiro atoms. The number of allylic oxidation sites excluding steroid dienone is 1. The van der Waals surface area contributed by atoms with Crippen LogP contribution < -0.4 is 0 Å². The van der Waals surface area contributed by atoms with Gasteiger partial charge in [-0.25, -0.2) is 0 Å². The van der Waals surface area contributed by atoms with Gasteiger partial charge in [-0.05, 0) is 29.8 Å². The van der Waals surface area contributed by atoms with Crippen LogP contribution in [0.5, 0.6) is 0 Å². The topological polar surface area (TPSA) is 17.1 Å². The third-order valence-electron chi connectivity index (χ3n) is 2.42. The Morgan fingerprint density at radius 2 is 1.72 bits per heavy atom. The van der Waals surface area contributed by atoms with Gasteiger partial charge < -0.3 is 0 Å². The Balaban J connectivity index is 2.22. The maximum atomic E-state index is 12.0. The molecule has 0 atom stereocenters. The number of rotatable bonds is 3. The van der Waals surface area contributed by atoms with Gasteiger partial charge in [0, 0.05) is 10.6 Å². The van der Waals surface area contributed by atoms with Gasteiger partial charge >= 0.3 is 0 Å². The van der Waals surface area contributed by atoms with Gasteiger partial charge in [-0.15, -0.1) is 0 Å². The first-order valence-corrected chi connectivity index (χ1v) is 6.15. The fourth-order valence-electron chi connectivity index (χ4n) is 1.51. The summed E-state index contributed by atoms with van der Waals surface area (Å²) in [5.41, 5.74) is 1.38. The first-order valence-electron chi connectivity index (χ1n) is 5.39. The van der Waals surface area contributed by atoms with E-state index >= 15 is 0 Å². The van der Waals surface area contributed by atoms with Crippen molar-refractivity contribution in [2.24, 2.45) is 0 Å². The Morgan fingerprint density at radius 1 is 1.00 bits per heavy atom. The zero-order chi connectivity index (χ0) is 13.0. The monoisotopic (exact) mass is 276 g/mol. The van der Waals surface area contributed by atoms with Gasteiger partial charge in [0.15, 0.2) is 5.78 Å². The predicted octanol–water partition coefficient (Wildman–Crippen LogP) is 4.89. The predicted molar refractivity (Wildman–Crippen MR) is 76.3 cm³/mol. The van der Waals surface area contributed by atoms with Crippen LogP contribution >= 0.6 is 23.2 Å². The van der Waals surface area contributed by atoms with E-state index in [2.05, 4.69) is 0 Å². The highest BCUT2D eigenvalue weighted by molar-refractivity contribution is 6.36. The van der Waals surface area contributed by atoms with Crippen LogP contribution in [-0.2, 0) is 0 Å². The zero-order valence-electron chi connectivity index (χ0n) is 9.44. The van der Waals surface area contributed by atoms with E-state index in [0.717, 1.165) is 5.56 Å². The van der Waals surface area contributed by atoms with Gasteiger partial charge in [-0.3, -0.25) is 4.79 Å². The molecule has 2 aromatic carbocycles. The number of ketones is 1. The Hall–Kier alpha value is -1.57. The van der Waals surface area contributed by atoms with E-state index in [1.54, 1.807) is 24.3 Å². The summed E-state index contributed by atoms with van der Waals surface area (Å²) in [5.74, 6) is -0.161. The standard InChI is InChI=1S/C15H10Cl2O/c16-12-7-8-14(17)13(10-12)15(18)9-6-11-4-2-1-3-5-11/h1-10H. The number of halogens is 2. The molecule has 0 aromatic heterocycles. The van der Waals surface area contributed by atoms with E-state index in [0.29, 0.717) is 15.6 Å². The van der Waals surface area contributed by atoms with E-state index in [-0.39, 0.29) is 5.78 Å². The van der Waals surface area contributed by atoms with Crippen molar-refractivity contribution in [1.29, 1.82) is 0 Å². The molecule has 1 nitrogen and oxygen atoms in total. The van der Waals surface area contributed by atoms with Gasteiger partial charge in [-0.2, -0.15) is 0 Å². The molecule has 90 valence electrons. The molecule has 0 saturated carbocycles. The van der Waals surface area contributed by atoms with Crippen LogP contribution in [0.15, 0.2) is 54.6 Å². The fraction of sp³-hybridized carbons (Fsp3) is 0. The second-order valence-electron chi connectivity index (χ2n) is 3.73. The van der Waals surface area contributed by atoms with E-state index in [1.165, 1.54) is 6.08 Å². The van der Waals surface area contributed by atoms with Crippen molar-refractivity contribution in [3.63, 3.8) is 0 Å². The van der Waals surface area contributed by atoms with Crippen molar-refractivity contribution in [2.75, 3.05) is 0 Å². The maximum absolute atomic E-state index is 12.0. The van der Waals surface area contributed by atoms with Crippen LogP contribution in [0, 0.1) is 0 Å². The third kappa shape index (κ3) is 3.22. The zero-order valence-corrected chi connectivity index (χ0v) is 10.9. The van der Waals surface area contributed by atoms with Crippen LogP contribution in [0.4, 0.5) is 0 Å². The molecule has 0 aliphatic heterocycles. The smallest absolute Gasteiger partial charge is 0.187 e. The molecule has 2 aromatic rings. The fourth-order valence-corrected chi connectivity index (χ4v) is 1.89. The summed E-state index contributed by atoms with van der Waals surface area (Å²) < 4.78 is 0. The van der Waals surface area contributed by atoms with Crippen molar-refractivity contribution < 1.29 is 4.79 Å². The second kappa shape index (κ2) is 5.85. The third-order valence-corrected chi connectivity index (χ3v) is 2.99. The van der Waals surface area contributed by atoms with Crippen LogP contribution in [0.25, 0.3) is 6.08 Å². The van der Waals surface area contributed by atoms with E-state index in [9.17, 15) is 4.79 Å². The van der Waals surface area contributed by atoms with Crippen LogP contribution in [-0.4, -0.2) is 5.78 Å². The summed E-state index contributed by atoms with van der Waals surface area (Å²) in [6.07, 6.45) is 3.24. The summed E-state index contributed by atoms with van der Waals surface area (Å²) in [7, 11) is 0. The first kappa shape index (κ1) is 12.9. The molecular formula is C15H10Cl2O. The lowest BCUT2D eigenvalue weighted by atomic mass is 10.1. The summed E-state index contributed by atoms with van der Waals surface area (Å²) >= 11 is 11.8. The molecule has 0 unspecified atom stereocenters. The summed E-state index contributed by atoms with van der Waals surface area (Å²) in [6.45, 7) is 0. The SMILES string of the molecule is O=C(C=Cc1ccccc1)c1cc(Cl)ccc1Cl. The van der Waals surface area contributed by atoms with Crippen LogP contribution in [0.1, 0.15) is 15.9 Å². The molecule has 0 bridgehead atoms. The van der Waals surface area contributed by atoms with Gasteiger partial charge in [0.25, 0.3) is 0 Å². The minimum atomic E-state index is -0.161. The number of benzene rings is 2. The highest BCUT2D eigenvalue weighted by Gasteiger charge is 2.07. The van der Waals surface area contributed by atoms with Crippen molar-refractivity contribution in [3.8, 4) is 0 Å². The van der Waals surface area contributed by atoms with E-state index < -0.39 is 0 Å². The van der Waals surface area contributed by atoms with Crippen molar-refractivity contribution in [1.82, 2.24) is 0 Å². The normalized spacial score (nSPS) is 10.8. The number of carbonyl (C=O) groups is 1. The lowest BCUT2D eigenvalue weighted by molar-refractivity contribution is 0.104. The lowest BCUT2D eigenvalue weighted by Gasteiger charge is -2.00. The molecule has 3 heteroatoms. The second-order valence-corrected chi connectivity index (χ2v) is 4.58. The Morgan fingerprint density at radius 3 is 2.44 bits per heavy atom. The van der Waals surface area contributed by atoms with Gasteiger partial charge in [0.05, 0.1) is 5.02 Å². The molecule has 18 heavy (non-hydrogen) atoms. The highest BCUT2D eigenvalue weighted by Crippen LogP contribution is 2.21. The van der Waals surface area contributed by atoms with E-state index in [1.807, 2.05) is 30.3 Å². The Kier molecular flexibility index (Phi) is 4.19. The summed E-state index contributed by atoms with van der Waals surface area (Å²) in [6, 6.07) is 14.4. The van der Waals surface area contributed by atoms with Crippen LogP contribution in [0.3, 0.4) is 0 Å². The maximum Gasteiger partial charge on any atom is 0.187 e. The van der Waals surface area contributed by atoms with Gasteiger partial charge in [-0.1, -0.05) is 59.6 Å². The van der Waals surface area contributed by atoms with E-state index in [4.69, 9.17) is 23.2 Å². The lowest BCUT2D eigenvalue weighted by Crippen LogP contribution is -1.95. The molecule has 0 saturated heterocycles. The molecular weight excluding hydrogens is 267 g/mol. The molecule has 0 heterocycles. The molecule has 0 aliphatic carbocycles. The summed E-state index contributed by atoms with van der Waals surface area (Å²) in [5, 5.41) is 0.901. The molecule has 0 N–H and O–H groups in total. The quantitative estimate of drug-likeness (QED) is 0.576. The minimum Gasteiger partial charge on any atom is -0.289 e. The number of carbonyl (C=O) groups excluding carboxylic acids is 1. The molecule has 0 amide bonds. The van der Waals surface area contributed by atoms with Crippen molar-refractivity contribution in [3.05, 3.63) is 75.8 Å². The number of hydrogen-bond donors (Lipinski definition) is 0. The van der Waals surface area contributed by atoms with Crippen molar-refractivity contribution >= 4 is 35.1 Å². The Labute approximate surface area is 116 Å². The molecule has 0 radical (unpaired) electrons. The first-order chi connectivity index (χ1) is 8.66. The minimum absolute atomic E-state index is 0.161. The largest absolute Gasteiger partial charge is 0.289 e. The average Bonchev–Trinajstić information content (AvgIpc) is 2.40. The average molecular weight is 277 g/mol. The Bertz CT molecular complexity index is 589. The number of hydrogen-bond acceptors (Lipinski definition) is 1. The summed E-state index contributed by atoms with van der Waals surface area (Å²) in [4.78, 5) is 12.0. The van der Waals surface area contributed by atoms with Gasteiger partial charge in [0.2, 0.25) is 0 Å². The van der Waals surface area contributed by atoms with Gasteiger partial charge in [0.1, 0.15) is 0 Å². The van der Waals surface area contributed by atoms with Crippen molar-refractivity contribution in [2.45, 2.75) is 0 Å². The molecule has 2 rings (SSSR count). The molecule has 0 aliphatic rings. The van der Waals surface area contributed by atoms with Crippen LogP contribution in [0.2, 0.25) is 10.0 Å². The molecule has 0 fully saturated rings.